The summed E-state index contributed by atoms with van der Waals surface area (Å²) < 4.78 is 1.95. The minimum absolute atomic E-state index is 0.150. The van der Waals surface area contributed by atoms with E-state index in [1.54, 1.807) is 23.2 Å². The summed E-state index contributed by atoms with van der Waals surface area (Å²) in [7, 11) is 0. The van der Waals surface area contributed by atoms with Crippen LogP contribution in [0.4, 0.5) is 17.3 Å². The molecule has 0 saturated carbocycles. The topological polar surface area (TPSA) is 98.6 Å². The Morgan fingerprint density at radius 3 is 2.66 bits per heavy atom. The van der Waals surface area contributed by atoms with E-state index in [4.69, 9.17) is 28.2 Å². The van der Waals surface area contributed by atoms with Gasteiger partial charge < -0.3 is 30.1 Å². The number of carbonyl (C=O) groups excluding carboxylic acids is 1. The molecule has 9 nitrogen and oxygen atoms in total. The molecule has 6 rings (SSSR count). The first-order valence-electron chi connectivity index (χ1n) is 13.6. The molecule has 1 amide bonds. The Bertz CT molecular complexity index is 1590. The number of anilines is 3. The van der Waals surface area contributed by atoms with Gasteiger partial charge in [0.15, 0.2) is 0 Å². The van der Waals surface area contributed by atoms with Gasteiger partial charge in [-0.25, -0.2) is 9.97 Å². The molecule has 0 spiro atoms. The van der Waals surface area contributed by atoms with Gasteiger partial charge in [-0.3, -0.25) is 4.79 Å². The number of aromatic nitrogens is 3. The van der Waals surface area contributed by atoms with Gasteiger partial charge in [-0.15, -0.1) is 0 Å². The lowest BCUT2D eigenvalue weighted by atomic mass is 10.0. The maximum Gasteiger partial charge on any atom is 0.271 e. The second-order valence-electron chi connectivity index (χ2n) is 10.3. The second-order valence-corrected chi connectivity index (χ2v) is 11.2. The number of aliphatic hydroxyl groups excluding tert-OH is 1. The predicted molar refractivity (Wildman–Crippen MR) is 162 cm³/mol. The van der Waals surface area contributed by atoms with E-state index in [9.17, 15) is 9.90 Å². The lowest BCUT2D eigenvalue weighted by molar-refractivity contribution is 0.0526. The largest absolute Gasteiger partial charge is 0.394 e. The summed E-state index contributed by atoms with van der Waals surface area (Å²) in [4.78, 5) is 26.9. The number of amides is 1. The zero-order valence-electron chi connectivity index (χ0n) is 22.6. The number of nitrogens with zero attached hydrogens (tertiary/aromatic N) is 5. The number of carbonyl (C=O) groups is 1. The van der Waals surface area contributed by atoms with Gasteiger partial charge in [0.2, 0.25) is 5.95 Å². The predicted octanol–water partition coefficient (Wildman–Crippen LogP) is 4.90. The molecule has 0 aliphatic carbocycles. The molecule has 0 radical (unpaired) electrons. The molecule has 4 heterocycles. The molecule has 2 aromatic heterocycles. The van der Waals surface area contributed by atoms with Crippen molar-refractivity contribution >= 4 is 46.4 Å². The molecule has 2 aromatic carbocycles. The van der Waals surface area contributed by atoms with Crippen LogP contribution in [0.3, 0.4) is 0 Å². The van der Waals surface area contributed by atoms with Gasteiger partial charge in [-0.05, 0) is 54.4 Å². The monoisotopic (exact) mass is 591 g/mol. The number of halogens is 2. The molecule has 3 N–H and O–H groups in total. The van der Waals surface area contributed by atoms with Crippen LogP contribution in [0.2, 0.25) is 10.0 Å². The van der Waals surface area contributed by atoms with Crippen molar-refractivity contribution in [2.75, 3.05) is 49.5 Å². The average molecular weight is 593 g/mol. The number of fused-ring (bicyclic) bond motifs is 1. The highest BCUT2D eigenvalue weighted by atomic mass is 35.5. The van der Waals surface area contributed by atoms with Gasteiger partial charge in [-0.2, -0.15) is 0 Å². The molecule has 1 fully saturated rings. The summed E-state index contributed by atoms with van der Waals surface area (Å²) in [6.07, 6.45) is 3.71. The molecule has 4 aromatic rings. The first-order valence-corrected chi connectivity index (χ1v) is 14.4. The Balaban J connectivity index is 1.23. The first kappa shape index (κ1) is 27.5. The highest BCUT2D eigenvalue weighted by Gasteiger charge is 2.32. The summed E-state index contributed by atoms with van der Waals surface area (Å²) in [6, 6.07) is 14.6. The van der Waals surface area contributed by atoms with Crippen LogP contribution in [-0.4, -0.2) is 69.8 Å². The minimum atomic E-state index is -0.479. The van der Waals surface area contributed by atoms with E-state index in [-0.39, 0.29) is 12.5 Å². The zero-order chi connectivity index (χ0) is 28.5. The molecule has 212 valence electrons. The minimum Gasteiger partial charge on any atom is -0.394 e. The van der Waals surface area contributed by atoms with Crippen LogP contribution in [0, 0.1) is 6.92 Å². The van der Waals surface area contributed by atoms with Gasteiger partial charge in [0.05, 0.1) is 29.1 Å². The zero-order valence-corrected chi connectivity index (χ0v) is 24.2. The van der Waals surface area contributed by atoms with Crippen LogP contribution < -0.4 is 15.5 Å². The highest BCUT2D eigenvalue weighted by Crippen LogP contribution is 2.33. The fourth-order valence-corrected chi connectivity index (χ4v) is 5.92. The number of aliphatic hydroxyl groups is 1. The van der Waals surface area contributed by atoms with Crippen LogP contribution >= 0.6 is 23.2 Å². The van der Waals surface area contributed by atoms with Crippen molar-refractivity contribution in [2.24, 2.45) is 0 Å². The van der Waals surface area contributed by atoms with Crippen LogP contribution in [0.5, 0.6) is 0 Å². The Morgan fingerprint density at radius 2 is 1.90 bits per heavy atom. The number of benzene rings is 2. The number of nitrogens with one attached hydrogen (secondary N) is 2. The number of hydrogen-bond acceptors (Lipinski definition) is 7. The number of piperazine rings is 1. The molecule has 0 bridgehead atoms. The van der Waals surface area contributed by atoms with Crippen LogP contribution in [0.15, 0.2) is 60.9 Å². The van der Waals surface area contributed by atoms with E-state index in [2.05, 4.69) is 26.6 Å². The van der Waals surface area contributed by atoms with E-state index >= 15 is 0 Å². The van der Waals surface area contributed by atoms with E-state index in [1.807, 2.05) is 48.0 Å². The van der Waals surface area contributed by atoms with Crippen molar-refractivity contribution in [1.29, 1.82) is 0 Å². The number of hydrogen-bond donors (Lipinski definition) is 3. The van der Waals surface area contributed by atoms with Gasteiger partial charge in [-0.1, -0.05) is 35.3 Å². The maximum absolute atomic E-state index is 13.6. The lowest BCUT2D eigenvalue weighted by Crippen LogP contribution is -2.43. The van der Waals surface area contributed by atoms with E-state index in [0.717, 1.165) is 59.9 Å². The summed E-state index contributed by atoms with van der Waals surface area (Å²) in [5, 5.41) is 18.0. The van der Waals surface area contributed by atoms with Crippen LogP contribution in [0.1, 0.15) is 27.7 Å². The molecule has 2 aliphatic heterocycles. The molecule has 41 heavy (non-hydrogen) atoms. The SMILES string of the molecule is Cc1cnc(Nc2ccc(N3CCNCC3)cc2Cl)nc1-c1cc2n(c1)CCN([C@@H](CO)c1cccc(Cl)c1)C2=O. The normalized spacial score (nSPS) is 16.0. The molecule has 1 saturated heterocycles. The Hall–Kier alpha value is -3.63. The van der Waals surface area contributed by atoms with Gasteiger partial charge in [0.1, 0.15) is 5.69 Å². The van der Waals surface area contributed by atoms with E-state index < -0.39 is 6.04 Å². The smallest absolute Gasteiger partial charge is 0.271 e. The summed E-state index contributed by atoms with van der Waals surface area (Å²) in [6.45, 7) is 6.60. The van der Waals surface area contributed by atoms with Crippen LogP contribution in [0.25, 0.3) is 11.3 Å². The third kappa shape index (κ3) is 5.63. The van der Waals surface area contributed by atoms with Crippen molar-refractivity contribution in [3.63, 3.8) is 0 Å². The quantitative estimate of drug-likeness (QED) is 0.281. The fraction of sp³-hybridized carbons (Fsp3) is 0.300. The highest BCUT2D eigenvalue weighted by molar-refractivity contribution is 6.33. The van der Waals surface area contributed by atoms with Crippen LogP contribution in [-0.2, 0) is 6.54 Å². The number of rotatable bonds is 7. The number of aryl methyl sites for hydroxylation is 1. The van der Waals surface area contributed by atoms with Crippen molar-refractivity contribution < 1.29 is 9.90 Å². The fourth-order valence-electron chi connectivity index (χ4n) is 5.50. The molecule has 2 aliphatic rings. The maximum atomic E-state index is 13.6. The van der Waals surface area contributed by atoms with E-state index in [0.29, 0.717) is 34.8 Å². The molecular formula is C30H31Cl2N7O2. The molecule has 1 atom stereocenters. The van der Waals surface area contributed by atoms with Gasteiger partial charge in [0, 0.05) is 67.9 Å². The van der Waals surface area contributed by atoms with E-state index in [1.165, 1.54) is 0 Å². The van der Waals surface area contributed by atoms with Crippen molar-refractivity contribution in [3.8, 4) is 11.3 Å². The summed E-state index contributed by atoms with van der Waals surface area (Å²) in [5.74, 6) is 0.267. The van der Waals surface area contributed by atoms with Crippen molar-refractivity contribution in [1.82, 2.24) is 24.8 Å². The average Bonchev–Trinajstić information content (AvgIpc) is 3.42. The van der Waals surface area contributed by atoms with Crippen molar-refractivity contribution in [2.45, 2.75) is 19.5 Å². The Labute approximate surface area is 248 Å². The Kier molecular flexibility index (Phi) is 7.86. The van der Waals surface area contributed by atoms with Gasteiger partial charge >= 0.3 is 0 Å². The van der Waals surface area contributed by atoms with Crippen molar-refractivity contribution in [3.05, 3.63) is 87.8 Å². The summed E-state index contributed by atoms with van der Waals surface area (Å²) >= 11 is 12.8. The lowest BCUT2D eigenvalue weighted by Gasteiger charge is -2.34. The first-order chi connectivity index (χ1) is 19.9. The molecular weight excluding hydrogens is 561 g/mol. The van der Waals surface area contributed by atoms with Gasteiger partial charge in [0.25, 0.3) is 5.91 Å². The molecule has 0 unspecified atom stereocenters. The Morgan fingerprint density at radius 1 is 1.07 bits per heavy atom. The second kappa shape index (κ2) is 11.7. The third-order valence-electron chi connectivity index (χ3n) is 7.67. The molecule has 11 heteroatoms. The summed E-state index contributed by atoms with van der Waals surface area (Å²) in [5.41, 5.74) is 5.59. The third-order valence-corrected chi connectivity index (χ3v) is 8.22. The standard InChI is InChI=1S/C30H31Cl2N7O2/c1-19-16-34-30(35-25-6-5-23(15-24(25)32)37-9-7-33-8-10-37)36-28(19)21-14-26-29(41)39(12-11-38(26)17-21)27(18-40)20-3-2-4-22(31)13-20/h2-6,13-17,27,33,40H,7-12,18H2,1H3,(H,34,35,36)/t27-/m0/s1.